The van der Waals surface area contributed by atoms with Crippen LogP contribution in [0, 0.1) is 12.8 Å². The van der Waals surface area contributed by atoms with Crippen LogP contribution in [-0.4, -0.2) is 30.2 Å². The molecule has 0 aromatic heterocycles. The van der Waals surface area contributed by atoms with E-state index in [-0.39, 0.29) is 0 Å². The van der Waals surface area contributed by atoms with Crippen LogP contribution in [0.4, 0.5) is 0 Å². The maximum Gasteiger partial charge on any atom is 0.169 e. The van der Waals surface area contributed by atoms with Gasteiger partial charge in [0, 0.05) is 25.2 Å². The van der Waals surface area contributed by atoms with Gasteiger partial charge in [0.2, 0.25) is 0 Å². The molecule has 1 aliphatic carbocycles. The number of nitrogens with zero attached hydrogens (tertiary/aromatic N) is 1. The fraction of sp³-hybridized carbons (Fsp3) is 0.611. The van der Waals surface area contributed by atoms with Crippen molar-refractivity contribution in [2.75, 3.05) is 14.2 Å². The van der Waals surface area contributed by atoms with Crippen molar-refractivity contribution >= 4 is 17.3 Å². The molecule has 0 unspecified atom stereocenters. The van der Waals surface area contributed by atoms with Gasteiger partial charge in [0.25, 0.3) is 0 Å². The number of benzene rings is 1. The molecule has 0 aliphatic heterocycles. The fourth-order valence-electron chi connectivity index (χ4n) is 3.16. The van der Waals surface area contributed by atoms with Gasteiger partial charge in [-0.05, 0) is 44.0 Å². The van der Waals surface area contributed by atoms with Crippen LogP contribution in [0.2, 0.25) is 0 Å². The Kier molecular flexibility index (Phi) is 6.07. The first-order chi connectivity index (χ1) is 10.5. The molecule has 3 nitrogen and oxygen atoms in total. The first-order valence-corrected chi connectivity index (χ1v) is 8.57. The molecule has 0 heterocycles. The Labute approximate surface area is 140 Å². The molecule has 1 fully saturated rings. The van der Waals surface area contributed by atoms with E-state index < -0.39 is 0 Å². The predicted molar refractivity (Wildman–Crippen MR) is 96.4 cm³/mol. The highest BCUT2D eigenvalue weighted by molar-refractivity contribution is 7.80. The van der Waals surface area contributed by atoms with Crippen LogP contribution in [0.5, 0.6) is 5.75 Å². The molecule has 0 spiro atoms. The third-order valence-electron chi connectivity index (χ3n) is 4.61. The Morgan fingerprint density at radius 2 is 2.09 bits per heavy atom. The lowest BCUT2D eigenvalue weighted by molar-refractivity contribution is 0.300. The zero-order valence-corrected chi connectivity index (χ0v) is 15.0. The van der Waals surface area contributed by atoms with Crippen molar-refractivity contribution in [1.82, 2.24) is 10.2 Å². The molecule has 1 aromatic rings. The molecule has 1 aliphatic rings. The van der Waals surface area contributed by atoms with Crippen LogP contribution in [0.15, 0.2) is 18.2 Å². The van der Waals surface area contributed by atoms with E-state index in [1.54, 1.807) is 7.11 Å². The van der Waals surface area contributed by atoms with Crippen molar-refractivity contribution < 1.29 is 4.74 Å². The summed E-state index contributed by atoms with van der Waals surface area (Å²) in [5.41, 5.74) is 2.41. The second kappa shape index (κ2) is 7.82. The van der Waals surface area contributed by atoms with E-state index in [9.17, 15) is 0 Å². The summed E-state index contributed by atoms with van der Waals surface area (Å²) >= 11 is 5.60. The molecule has 1 N–H and O–H groups in total. The molecule has 0 radical (unpaired) electrons. The second-order valence-corrected chi connectivity index (χ2v) is 6.88. The Morgan fingerprint density at radius 3 is 2.77 bits per heavy atom. The van der Waals surface area contributed by atoms with Crippen molar-refractivity contribution in [3.8, 4) is 5.75 Å². The molecule has 122 valence electrons. The third-order valence-corrected chi connectivity index (χ3v) is 5.04. The van der Waals surface area contributed by atoms with Gasteiger partial charge >= 0.3 is 0 Å². The van der Waals surface area contributed by atoms with Gasteiger partial charge in [0.05, 0.1) is 7.11 Å². The first-order valence-electron chi connectivity index (χ1n) is 8.16. The highest BCUT2D eigenvalue weighted by Crippen LogP contribution is 2.24. The Hall–Kier alpha value is -1.29. The van der Waals surface area contributed by atoms with Crippen LogP contribution in [0.25, 0.3) is 0 Å². The Bertz CT molecular complexity index is 518. The van der Waals surface area contributed by atoms with Gasteiger partial charge in [-0.25, -0.2) is 0 Å². The van der Waals surface area contributed by atoms with Crippen molar-refractivity contribution in [2.45, 2.75) is 52.1 Å². The SMILES string of the molecule is COc1ccc(C)cc1CN(C)C(=S)N[C@H]1CCCC[C@@H]1C. The molecule has 4 heteroatoms. The molecule has 2 rings (SSSR count). The van der Waals surface area contributed by atoms with Gasteiger partial charge < -0.3 is 15.0 Å². The minimum atomic E-state index is 0.517. The predicted octanol–water partition coefficient (Wildman–Crippen LogP) is 3.89. The molecular weight excluding hydrogens is 292 g/mol. The summed E-state index contributed by atoms with van der Waals surface area (Å²) in [5.74, 6) is 1.62. The van der Waals surface area contributed by atoms with E-state index in [0.29, 0.717) is 12.0 Å². The second-order valence-electron chi connectivity index (χ2n) is 6.49. The van der Waals surface area contributed by atoms with E-state index in [1.807, 2.05) is 13.1 Å². The van der Waals surface area contributed by atoms with Crippen LogP contribution in [0.3, 0.4) is 0 Å². The number of hydrogen-bond acceptors (Lipinski definition) is 2. The van der Waals surface area contributed by atoms with Gasteiger partial charge in [-0.15, -0.1) is 0 Å². The highest BCUT2D eigenvalue weighted by atomic mass is 32.1. The zero-order chi connectivity index (χ0) is 16.1. The molecular formula is C18H28N2OS. The third kappa shape index (κ3) is 4.35. The monoisotopic (exact) mass is 320 g/mol. The average molecular weight is 321 g/mol. The molecule has 22 heavy (non-hydrogen) atoms. The standard InChI is InChI=1S/C18H28N2OS/c1-13-9-10-17(21-4)15(11-13)12-20(3)18(22)19-16-8-6-5-7-14(16)2/h9-11,14,16H,5-8,12H2,1-4H3,(H,19,22)/t14-,16-/m0/s1. The van der Waals surface area contributed by atoms with Crippen LogP contribution in [-0.2, 0) is 6.54 Å². The molecule has 0 saturated heterocycles. The van der Waals surface area contributed by atoms with Crippen molar-refractivity contribution in [1.29, 1.82) is 0 Å². The fourth-order valence-corrected chi connectivity index (χ4v) is 3.37. The number of rotatable bonds is 4. The Morgan fingerprint density at radius 1 is 1.36 bits per heavy atom. The molecule has 1 saturated carbocycles. The number of hydrogen-bond donors (Lipinski definition) is 1. The van der Waals surface area contributed by atoms with E-state index in [1.165, 1.54) is 36.8 Å². The minimum Gasteiger partial charge on any atom is -0.496 e. The molecule has 0 amide bonds. The summed E-state index contributed by atoms with van der Waals surface area (Å²) in [7, 11) is 3.76. The summed E-state index contributed by atoms with van der Waals surface area (Å²) in [4.78, 5) is 2.11. The van der Waals surface area contributed by atoms with Crippen LogP contribution < -0.4 is 10.1 Å². The lowest BCUT2D eigenvalue weighted by Crippen LogP contribution is -2.46. The summed E-state index contributed by atoms with van der Waals surface area (Å²) in [6, 6.07) is 6.78. The maximum absolute atomic E-state index is 5.60. The minimum absolute atomic E-state index is 0.517. The zero-order valence-electron chi connectivity index (χ0n) is 14.2. The quantitative estimate of drug-likeness (QED) is 0.851. The first kappa shape index (κ1) is 17.1. The van der Waals surface area contributed by atoms with Crippen LogP contribution in [0.1, 0.15) is 43.7 Å². The van der Waals surface area contributed by atoms with E-state index >= 15 is 0 Å². The van der Waals surface area contributed by atoms with E-state index in [2.05, 4.69) is 36.2 Å². The van der Waals surface area contributed by atoms with Crippen molar-refractivity contribution in [3.05, 3.63) is 29.3 Å². The molecule has 2 atom stereocenters. The summed E-state index contributed by atoms with van der Waals surface area (Å²) in [6.07, 6.45) is 5.18. The molecule has 0 bridgehead atoms. The van der Waals surface area contributed by atoms with Crippen molar-refractivity contribution in [3.63, 3.8) is 0 Å². The van der Waals surface area contributed by atoms with Crippen molar-refractivity contribution in [2.24, 2.45) is 5.92 Å². The lowest BCUT2D eigenvalue weighted by Gasteiger charge is -2.33. The number of methoxy groups -OCH3 is 1. The van der Waals surface area contributed by atoms with Gasteiger partial charge in [-0.3, -0.25) is 0 Å². The van der Waals surface area contributed by atoms with Gasteiger partial charge in [-0.1, -0.05) is 37.5 Å². The summed E-state index contributed by atoms with van der Waals surface area (Å²) in [6.45, 7) is 5.18. The normalized spacial score (nSPS) is 21.3. The number of thiocarbonyl (C=S) groups is 1. The Balaban J connectivity index is 1.97. The smallest absolute Gasteiger partial charge is 0.169 e. The molecule has 1 aromatic carbocycles. The number of aryl methyl sites for hydroxylation is 1. The topological polar surface area (TPSA) is 24.5 Å². The van der Waals surface area contributed by atoms with Crippen LogP contribution >= 0.6 is 12.2 Å². The van der Waals surface area contributed by atoms with Gasteiger partial charge in [0.15, 0.2) is 5.11 Å². The summed E-state index contributed by atoms with van der Waals surface area (Å²) < 4.78 is 5.46. The number of ether oxygens (including phenoxy) is 1. The largest absolute Gasteiger partial charge is 0.496 e. The highest BCUT2D eigenvalue weighted by Gasteiger charge is 2.22. The maximum atomic E-state index is 5.60. The lowest BCUT2D eigenvalue weighted by atomic mass is 9.86. The average Bonchev–Trinajstić information content (AvgIpc) is 2.49. The van der Waals surface area contributed by atoms with Gasteiger partial charge in [0.1, 0.15) is 5.75 Å². The van der Waals surface area contributed by atoms with E-state index in [0.717, 1.165) is 17.4 Å². The van der Waals surface area contributed by atoms with E-state index in [4.69, 9.17) is 17.0 Å². The van der Waals surface area contributed by atoms with Gasteiger partial charge in [-0.2, -0.15) is 0 Å². The summed E-state index contributed by atoms with van der Waals surface area (Å²) in [5, 5.41) is 4.39. The number of nitrogens with one attached hydrogen (secondary N) is 1.